The van der Waals surface area contributed by atoms with Crippen molar-refractivity contribution in [3.8, 4) is 0 Å². The SMILES string of the molecule is CCNC(=O)[C@H](C)N(Cc1ccc(C)cc1)C(=O)CN(c1ccccc1C(C)C)S(C)(=O)=O. The second-order valence-corrected chi connectivity index (χ2v) is 10.5. The van der Waals surface area contributed by atoms with E-state index in [1.807, 2.05) is 64.1 Å². The highest BCUT2D eigenvalue weighted by molar-refractivity contribution is 7.92. The number of aryl methyl sites for hydroxylation is 1. The van der Waals surface area contributed by atoms with Crippen LogP contribution in [0, 0.1) is 6.92 Å². The Labute approximate surface area is 197 Å². The largest absolute Gasteiger partial charge is 0.355 e. The summed E-state index contributed by atoms with van der Waals surface area (Å²) in [5.41, 5.74) is 3.25. The lowest BCUT2D eigenvalue weighted by Crippen LogP contribution is -2.51. The van der Waals surface area contributed by atoms with Gasteiger partial charge in [-0.15, -0.1) is 0 Å². The first kappa shape index (κ1) is 26.4. The van der Waals surface area contributed by atoms with Crippen molar-refractivity contribution in [1.82, 2.24) is 10.2 Å². The number of likely N-dealkylation sites (N-methyl/N-ethyl adjacent to an activating group) is 1. The molecule has 0 fully saturated rings. The minimum atomic E-state index is -3.75. The van der Waals surface area contributed by atoms with Crippen LogP contribution >= 0.6 is 0 Å². The minimum absolute atomic E-state index is 0.0680. The van der Waals surface area contributed by atoms with E-state index in [1.165, 1.54) is 4.90 Å². The number of nitrogens with zero attached hydrogens (tertiary/aromatic N) is 2. The minimum Gasteiger partial charge on any atom is -0.355 e. The molecule has 180 valence electrons. The van der Waals surface area contributed by atoms with Gasteiger partial charge >= 0.3 is 0 Å². The van der Waals surface area contributed by atoms with Gasteiger partial charge in [0.1, 0.15) is 12.6 Å². The Morgan fingerprint density at radius 1 is 1.00 bits per heavy atom. The van der Waals surface area contributed by atoms with E-state index in [-0.39, 0.29) is 18.4 Å². The van der Waals surface area contributed by atoms with Crippen LogP contribution in [0.25, 0.3) is 0 Å². The Morgan fingerprint density at radius 2 is 1.61 bits per heavy atom. The number of carbonyl (C=O) groups excluding carboxylic acids is 2. The molecule has 0 bridgehead atoms. The summed E-state index contributed by atoms with van der Waals surface area (Å²) in [4.78, 5) is 27.5. The van der Waals surface area contributed by atoms with Crippen LogP contribution in [0.2, 0.25) is 0 Å². The molecule has 2 aromatic rings. The number of nitrogens with one attached hydrogen (secondary N) is 1. The van der Waals surface area contributed by atoms with E-state index >= 15 is 0 Å². The lowest BCUT2D eigenvalue weighted by Gasteiger charge is -2.32. The van der Waals surface area contributed by atoms with Gasteiger partial charge in [-0.2, -0.15) is 0 Å². The third-order valence-corrected chi connectivity index (χ3v) is 6.62. The Hall–Kier alpha value is -2.87. The number of hydrogen-bond acceptors (Lipinski definition) is 4. The normalized spacial score (nSPS) is 12.3. The van der Waals surface area contributed by atoms with Gasteiger partial charge in [0.2, 0.25) is 21.8 Å². The van der Waals surface area contributed by atoms with Crippen LogP contribution < -0.4 is 9.62 Å². The number of benzene rings is 2. The molecular formula is C25H35N3O4S. The van der Waals surface area contributed by atoms with Crippen molar-refractivity contribution in [3.63, 3.8) is 0 Å². The van der Waals surface area contributed by atoms with Crippen LogP contribution in [-0.2, 0) is 26.2 Å². The van der Waals surface area contributed by atoms with E-state index < -0.39 is 28.5 Å². The zero-order chi connectivity index (χ0) is 24.8. The monoisotopic (exact) mass is 473 g/mol. The Bertz CT molecular complexity index is 1070. The zero-order valence-corrected chi connectivity index (χ0v) is 21.1. The fourth-order valence-corrected chi connectivity index (χ4v) is 4.46. The van der Waals surface area contributed by atoms with E-state index in [9.17, 15) is 18.0 Å². The molecule has 8 heteroatoms. The maximum absolute atomic E-state index is 13.5. The standard InChI is InChI=1S/C25H35N3O4S/c1-7-26-25(30)20(5)27(16-21-14-12-19(4)13-15-21)24(29)17-28(33(6,31)32)23-11-9-8-10-22(23)18(2)3/h8-15,18,20H,7,16-17H2,1-6H3,(H,26,30)/t20-/m0/s1. The fourth-order valence-electron chi connectivity index (χ4n) is 3.59. The van der Waals surface area contributed by atoms with E-state index in [1.54, 1.807) is 19.1 Å². The number of anilines is 1. The van der Waals surface area contributed by atoms with Crippen LogP contribution in [0.1, 0.15) is 50.3 Å². The maximum Gasteiger partial charge on any atom is 0.244 e. The molecule has 0 heterocycles. The second kappa shape index (κ2) is 11.3. The van der Waals surface area contributed by atoms with Gasteiger partial charge in [0, 0.05) is 13.1 Å². The van der Waals surface area contributed by atoms with Gasteiger partial charge in [-0.25, -0.2) is 8.42 Å². The quantitative estimate of drug-likeness (QED) is 0.573. The molecule has 7 nitrogen and oxygen atoms in total. The van der Waals surface area contributed by atoms with Crippen molar-refractivity contribution < 1.29 is 18.0 Å². The van der Waals surface area contributed by atoms with E-state index in [0.29, 0.717) is 12.2 Å². The first-order chi connectivity index (χ1) is 15.5. The molecule has 0 aliphatic rings. The summed E-state index contributed by atoms with van der Waals surface area (Å²) in [6.07, 6.45) is 1.09. The van der Waals surface area contributed by atoms with Crippen molar-refractivity contribution in [1.29, 1.82) is 0 Å². The maximum atomic E-state index is 13.5. The molecule has 1 N–H and O–H groups in total. The molecule has 0 aliphatic heterocycles. The smallest absolute Gasteiger partial charge is 0.244 e. The Balaban J connectivity index is 2.44. The number of sulfonamides is 1. The van der Waals surface area contributed by atoms with Crippen LogP contribution in [0.4, 0.5) is 5.69 Å². The van der Waals surface area contributed by atoms with E-state index in [0.717, 1.165) is 27.3 Å². The Morgan fingerprint density at radius 3 is 2.15 bits per heavy atom. The van der Waals surface area contributed by atoms with Crippen molar-refractivity contribution in [2.24, 2.45) is 0 Å². The number of rotatable bonds is 10. The topological polar surface area (TPSA) is 86.8 Å². The van der Waals surface area contributed by atoms with Gasteiger partial charge in [0.15, 0.2) is 0 Å². The van der Waals surface area contributed by atoms with Gasteiger partial charge in [-0.05, 0) is 43.9 Å². The molecule has 0 saturated carbocycles. The number of carbonyl (C=O) groups is 2. The summed E-state index contributed by atoms with van der Waals surface area (Å²) < 4.78 is 26.6. The molecule has 0 spiro atoms. The van der Waals surface area contributed by atoms with Crippen LogP contribution in [0.5, 0.6) is 0 Å². The molecule has 2 amide bonds. The molecular weight excluding hydrogens is 438 g/mol. The molecule has 0 aromatic heterocycles. The lowest BCUT2D eigenvalue weighted by atomic mass is 10.0. The van der Waals surface area contributed by atoms with Crippen molar-refractivity contribution in [2.45, 2.75) is 53.1 Å². The molecule has 0 unspecified atom stereocenters. The van der Waals surface area contributed by atoms with Crippen LogP contribution in [0.15, 0.2) is 48.5 Å². The Kier molecular flexibility index (Phi) is 9.05. The summed E-state index contributed by atoms with van der Waals surface area (Å²) in [6.45, 7) is 9.63. The highest BCUT2D eigenvalue weighted by Crippen LogP contribution is 2.29. The van der Waals surface area contributed by atoms with Gasteiger partial charge < -0.3 is 10.2 Å². The lowest BCUT2D eigenvalue weighted by molar-refractivity contribution is -0.139. The number of amides is 2. The zero-order valence-electron chi connectivity index (χ0n) is 20.3. The van der Waals surface area contributed by atoms with Crippen molar-refractivity contribution >= 4 is 27.5 Å². The third kappa shape index (κ3) is 7.05. The summed E-state index contributed by atoms with van der Waals surface area (Å²) in [7, 11) is -3.75. The summed E-state index contributed by atoms with van der Waals surface area (Å²) in [5, 5.41) is 2.75. The first-order valence-corrected chi connectivity index (χ1v) is 13.0. The van der Waals surface area contributed by atoms with Crippen LogP contribution in [0.3, 0.4) is 0 Å². The molecule has 0 aliphatic carbocycles. The van der Waals surface area contributed by atoms with Crippen molar-refractivity contribution in [2.75, 3.05) is 23.7 Å². The fraction of sp³-hybridized carbons (Fsp3) is 0.440. The first-order valence-electron chi connectivity index (χ1n) is 11.1. The molecule has 2 aromatic carbocycles. The highest BCUT2D eigenvalue weighted by atomic mass is 32.2. The van der Waals surface area contributed by atoms with Gasteiger partial charge in [-0.3, -0.25) is 13.9 Å². The summed E-state index contributed by atoms with van der Waals surface area (Å²) in [6, 6.07) is 14.1. The van der Waals surface area contributed by atoms with Gasteiger partial charge in [0.25, 0.3) is 0 Å². The molecule has 0 saturated heterocycles. The predicted octanol–water partition coefficient (Wildman–Crippen LogP) is 3.44. The number of hydrogen-bond donors (Lipinski definition) is 1. The van der Waals surface area contributed by atoms with Gasteiger partial charge in [-0.1, -0.05) is 61.9 Å². The van der Waals surface area contributed by atoms with Crippen LogP contribution in [-0.4, -0.2) is 50.5 Å². The molecule has 1 atom stereocenters. The summed E-state index contributed by atoms with van der Waals surface area (Å²) in [5.74, 6) is -0.664. The average molecular weight is 474 g/mol. The van der Waals surface area contributed by atoms with Crippen molar-refractivity contribution in [3.05, 3.63) is 65.2 Å². The van der Waals surface area contributed by atoms with E-state index in [4.69, 9.17) is 0 Å². The molecule has 2 rings (SSSR count). The number of para-hydroxylation sites is 1. The van der Waals surface area contributed by atoms with Gasteiger partial charge in [0.05, 0.1) is 11.9 Å². The highest BCUT2D eigenvalue weighted by Gasteiger charge is 2.30. The molecule has 33 heavy (non-hydrogen) atoms. The van der Waals surface area contributed by atoms with E-state index in [2.05, 4.69) is 5.32 Å². The predicted molar refractivity (Wildman–Crippen MR) is 133 cm³/mol. The second-order valence-electron chi connectivity index (χ2n) is 8.56. The third-order valence-electron chi connectivity index (χ3n) is 5.50. The average Bonchev–Trinajstić information content (AvgIpc) is 2.75. The molecule has 0 radical (unpaired) electrons. The summed E-state index contributed by atoms with van der Waals surface area (Å²) >= 11 is 0.